The zero-order chi connectivity index (χ0) is 8.27. The fourth-order valence-corrected chi connectivity index (χ4v) is 0.779. The number of rotatable bonds is 3. The van der Waals surface area contributed by atoms with Gasteiger partial charge in [-0.25, -0.2) is 0 Å². The molecule has 0 spiro atoms. The van der Waals surface area contributed by atoms with Crippen molar-refractivity contribution in [1.29, 1.82) is 0 Å². The summed E-state index contributed by atoms with van der Waals surface area (Å²) >= 11 is 0. The van der Waals surface area contributed by atoms with Crippen LogP contribution in [0.4, 0.5) is 0 Å². The van der Waals surface area contributed by atoms with Crippen LogP contribution in [-0.2, 0) is 4.29 Å². The highest BCUT2D eigenvalue weighted by atomic mass is 35.6. The Morgan fingerprint density at radius 1 is 1.64 bits per heavy atom. The van der Waals surface area contributed by atoms with E-state index in [1.54, 1.807) is 12.1 Å². The Hall–Kier alpha value is -0.970. The van der Waals surface area contributed by atoms with Crippen LogP contribution in [0, 0.1) is 10.8 Å². The van der Waals surface area contributed by atoms with Crippen LogP contribution in [0.1, 0.15) is 5.76 Å². The van der Waals surface area contributed by atoms with Crippen molar-refractivity contribution < 1.29 is 28.8 Å². The topological polar surface area (TPSA) is 68.5 Å². The van der Waals surface area contributed by atoms with Crippen LogP contribution in [0.25, 0.3) is 5.76 Å². The summed E-state index contributed by atoms with van der Waals surface area (Å²) in [5, 5.41) is 0. The molecule has 1 rings (SSSR count). The van der Waals surface area contributed by atoms with Crippen LogP contribution < -0.4 is 9.32 Å². The largest absolute Gasteiger partial charge is 0.461 e. The molecule has 0 atom stereocenters. The van der Waals surface area contributed by atoms with Crippen molar-refractivity contribution in [3.63, 3.8) is 0 Å². The van der Waals surface area contributed by atoms with Gasteiger partial charge in [0, 0.05) is 0 Å². The van der Waals surface area contributed by atoms with E-state index in [4.69, 9.17) is 4.42 Å². The Morgan fingerprint density at radius 2 is 2.36 bits per heavy atom. The smallest absolute Gasteiger partial charge is 0.350 e. The highest BCUT2D eigenvalue weighted by molar-refractivity contribution is 5.50. The number of hydrogen-bond donors (Lipinski definition) is 0. The van der Waals surface area contributed by atoms with Crippen molar-refractivity contribution >= 4 is 5.76 Å². The number of halogens is 1. The molecule has 60 valence electrons. The Kier molecular flexibility index (Phi) is 2.53. The predicted molar refractivity (Wildman–Crippen MR) is 28.8 cm³/mol. The molecule has 5 heteroatoms. The van der Waals surface area contributed by atoms with E-state index in [9.17, 15) is 9.32 Å². The second-order valence-electron chi connectivity index (χ2n) is 1.67. The van der Waals surface area contributed by atoms with E-state index in [1.165, 1.54) is 6.26 Å². The summed E-state index contributed by atoms with van der Waals surface area (Å²) in [6.07, 6.45) is 1.40. The lowest BCUT2D eigenvalue weighted by atomic mass is 10.4. The summed E-state index contributed by atoms with van der Waals surface area (Å²) in [6, 6.07) is 3.15. The van der Waals surface area contributed by atoms with E-state index in [0.29, 0.717) is 5.76 Å². The van der Waals surface area contributed by atoms with Crippen LogP contribution >= 0.6 is 0 Å². The quantitative estimate of drug-likeness (QED) is 0.574. The molecule has 0 N–H and O–H groups in total. The molecular formula is C6H5ClO4. The summed E-state index contributed by atoms with van der Waals surface area (Å²) in [6.45, 7) is 3.32. The highest BCUT2D eigenvalue weighted by Gasteiger charge is 2.15. The fourth-order valence-electron chi connectivity index (χ4n) is 0.551. The molecule has 4 nitrogen and oxygen atoms in total. The molecule has 1 heterocycles. The van der Waals surface area contributed by atoms with Gasteiger partial charge in [0.15, 0.2) is 5.76 Å². The third-order valence-electron chi connectivity index (χ3n) is 0.952. The number of furan rings is 1. The molecule has 0 radical (unpaired) electrons. The molecule has 0 aromatic carbocycles. The SMILES string of the molecule is C=C(O[Cl+2]([O-])[O-])c1ccco1. The molecule has 0 aliphatic carbocycles. The maximum absolute atomic E-state index is 9.94. The summed E-state index contributed by atoms with van der Waals surface area (Å²) in [5.74, 6) is 0.250. The van der Waals surface area contributed by atoms with Crippen LogP contribution in [0.2, 0.25) is 0 Å². The molecule has 1 aromatic heterocycles. The monoisotopic (exact) mass is 176 g/mol. The second-order valence-corrected chi connectivity index (χ2v) is 2.20. The van der Waals surface area contributed by atoms with E-state index < -0.39 is 10.8 Å². The van der Waals surface area contributed by atoms with Gasteiger partial charge in [-0.15, -0.1) is 4.29 Å². The van der Waals surface area contributed by atoms with Gasteiger partial charge in [0.1, 0.15) is 0 Å². The predicted octanol–water partition coefficient (Wildman–Crippen LogP) is -0.647. The van der Waals surface area contributed by atoms with Gasteiger partial charge in [0.05, 0.1) is 6.26 Å². The minimum atomic E-state index is -2.28. The fraction of sp³-hybridized carbons (Fsp3) is 0. The molecular weight excluding hydrogens is 172 g/mol. The maximum atomic E-state index is 9.94. The normalized spacial score (nSPS) is 10.1. The molecule has 1 aromatic rings. The molecule has 0 amide bonds. The summed E-state index contributed by atoms with van der Waals surface area (Å²) in [7, 11) is -2.28. The zero-order valence-electron chi connectivity index (χ0n) is 5.45. The van der Waals surface area contributed by atoms with Crippen LogP contribution in [0.3, 0.4) is 0 Å². The van der Waals surface area contributed by atoms with Crippen molar-refractivity contribution in [1.82, 2.24) is 0 Å². The Bertz CT molecular complexity index is 229. The molecule has 0 aliphatic heterocycles. The van der Waals surface area contributed by atoms with Crippen molar-refractivity contribution in [2.75, 3.05) is 0 Å². The first kappa shape index (κ1) is 8.13. The summed E-state index contributed by atoms with van der Waals surface area (Å²) < 4.78 is 28.9. The zero-order valence-corrected chi connectivity index (χ0v) is 6.21. The molecule has 0 saturated heterocycles. The van der Waals surface area contributed by atoms with Gasteiger partial charge in [0.25, 0.3) is 5.76 Å². The van der Waals surface area contributed by atoms with Gasteiger partial charge in [-0.1, -0.05) is 0 Å². The third kappa shape index (κ3) is 2.27. The Labute approximate surface area is 66.1 Å². The van der Waals surface area contributed by atoms with Crippen LogP contribution in [-0.4, -0.2) is 0 Å². The lowest BCUT2D eigenvalue weighted by Crippen LogP contribution is -2.33. The lowest BCUT2D eigenvalue weighted by Gasteiger charge is -1.94. The van der Waals surface area contributed by atoms with Crippen LogP contribution in [0.5, 0.6) is 0 Å². The Balaban J connectivity index is 2.57. The van der Waals surface area contributed by atoms with Gasteiger partial charge >= 0.3 is 10.8 Å². The first-order valence-electron chi connectivity index (χ1n) is 2.67. The van der Waals surface area contributed by atoms with Crippen molar-refractivity contribution in [3.05, 3.63) is 30.7 Å². The molecule has 0 unspecified atom stereocenters. The van der Waals surface area contributed by atoms with Crippen LogP contribution in [0.15, 0.2) is 29.4 Å². The van der Waals surface area contributed by atoms with Gasteiger partial charge in [-0.2, -0.15) is 0 Å². The minimum Gasteiger partial charge on any atom is -0.461 e. The molecule has 0 fully saturated rings. The standard InChI is InChI=1S/C6H5ClO4/c1-5(11-7(8)9)6-3-2-4-10-6/h2-4H,1H2. The van der Waals surface area contributed by atoms with E-state index in [1.807, 2.05) is 0 Å². The highest BCUT2D eigenvalue weighted by Crippen LogP contribution is 2.13. The summed E-state index contributed by atoms with van der Waals surface area (Å²) in [4.78, 5) is 0. The van der Waals surface area contributed by atoms with E-state index in [0.717, 1.165) is 0 Å². The molecule has 0 saturated carbocycles. The van der Waals surface area contributed by atoms with E-state index >= 15 is 0 Å². The van der Waals surface area contributed by atoms with Gasteiger partial charge in [0.2, 0.25) is 0 Å². The molecule has 0 aliphatic rings. The van der Waals surface area contributed by atoms with Crippen molar-refractivity contribution in [3.8, 4) is 0 Å². The average molecular weight is 177 g/mol. The van der Waals surface area contributed by atoms with Crippen molar-refractivity contribution in [2.45, 2.75) is 0 Å². The average Bonchev–Trinajstić information content (AvgIpc) is 2.35. The molecule has 0 bridgehead atoms. The van der Waals surface area contributed by atoms with E-state index in [-0.39, 0.29) is 5.76 Å². The van der Waals surface area contributed by atoms with Gasteiger partial charge in [-0.05, 0) is 18.7 Å². The lowest BCUT2D eigenvalue weighted by molar-refractivity contribution is -1.62. The minimum absolute atomic E-state index is 0.0412. The van der Waals surface area contributed by atoms with E-state index in [2.05, 4.69) is 10.9 Å². The van der Waals surface area contributed by atoms with Gasteiger partial charge in [-0.3, -0.25) is 0 Å². The Morgan fingerprint density at radius 3 is 2.82 bits per heavy atom. The van der Waals surface area contributed by atoms with Gasteiger partial charge < -0.3 is 13.7 Å². The third-order valence-corrected chi connectivity index (χ3v) is 1.26. The first-order valence-corrected chi connectivity index (χ1v) is 3.59. The van der Waals surface area contributed by atoms with Crippen molar-refractivity contribution in [2.24, 2.45) is 0 Å². The maximum Gasteiger partial charge on any atom is 0.350 e. The summed E-state index contributed by atoms with van der Waals surface area (Å²) in [5.41, 5.74) is 0. The molecule has 11 heavy (non-hydrogen) atoms. The second kappa shape index (κ2) is 3.43. The number of hydrogen-bond acceptors (Lipinski definition) is 4. The first-order chi connectivity index (χ1) is 5.20.